The summed E-state index contributed by atoms with van der Waals surface area (Å²) in [4.78, 5) is 29.6. The first-order chi connectivity index (χ1) is 10.1. The van der Waals surface area contributed by atoms with E-state index in [1.165, 1.54) is 6.07 Å². The van der Waals surface area contributed by atoms with Crippen LogP contribution < -0.4 is 16.6 Å². The van der Waals surface area contributed by atoms with Crippen molar-refractivity contribution in [3.63, 3.8) is 0 Å². The van der Waals surface area contributed by atoms with E-state index in [2.05, 4.69) is 22.2 Å². The van der Waals surface area contributed by atoms with Gasteiger partial charge in [0.2, 0.25) is 5.91 Å². The highest BCUT2D eigenvalue weighted by atomic mass is 32.2. The van der Waals surface area contributed by atoms with Crippen molar-refractivity contribution in [3.05, 3.63) is 46.2 Å². The maximum absolute atomic E-state index is 11.9. The molecule has 1 heterocycles. The molecule has 2 rings (SSSR count). The first-order valence-corrected chi connectivity index (χ1v) is 7.44. The van der Waals surface area contributed by atoms with Crippen molar-refractivity contribution in [2.24, 2.45) is 0 Å². The first-order valence-electron chi connectivity index (χ1n) is 6.45. The van der Waals surface area contributed by atoms with Gasteiger partial charge < -0.3 is 16.0 Å². The van der Waals surface area contributed by atoms with Gasteiger partial charge in [-0.25, -0.2) is 4.98 Å². The van der Waals surface area contributed by atoms with Crippen LogP contribution in [0.2, 0.25) is 0 Å². The minimum Gasteiger partial charge on any atom is -0.383 e. The molecule has 0 saturated heterocycles. The Hall–Kier alpha value is -2.28. The van der Waals surface area contributed by atoms with Gasteiger partial charge in [0.25, 0.3) is 5.56 Å². The highest BCUT2D eigenvalue weighted by Crippen LogP contribution is 2.14. The summed E-state index contributed by atoms with van der Waals surface area (Å²) in [5, 5.41) is 3.14. The summed E-state index contributed by atoms with van der Waals surface area (Å²) in [6.07, 6.45) is 0.910. The second kappa shape index (κ2) is 6.94. The fourth-order valence-electron chi connectivity index (χ4n) is 1.72. The van der Waals surface area contributed by atoms with Crippen LogP contribution in [0, 0.1) is 0 Å². The summed E-state index contributed by atoms with van der Waals surface area (Å²) < 4.78 is 0. The number of hydrogen-bond acceptors (Lipinski definition) is 5. The Labute approximate surface area is 126 Å². The van der Waals surface area contributed by atoms with Gasteiger partial charge in [-0.3, -0.25) is 9.59 Å². The molecule has 110 valence electrons. The Morgan fingerprint density at radius 3 is 2.95 bits per heavy atom. The van der Waals surface area contributed by atoms with Gasteiger partial charge in [-0.15, -0.1) is 0 Å². The molecular formula is C14H16N4O2S. The summed E-state index contributed by atoms with van der Waals surface area (Å²) in [7, 11) is 0. The van der Waals surface area contributed by atoms with Crippen molar-refractivity contribution in [1.29, 1.82) is 0 Å². The van der Waals surface area contributed by atoms with Crippen LogP contribution in [-0.2, 0) is 11.2 Å². The molecule has 4 N–H and O–H groups in total. The van der Waals surface area contributed by atoms with Crippen LogP contribution >= 0.6 is 11.8 Å². The number of nitrogens with zero attached hydrogens (tertiary/aromatic N) is 1. The average molecular weight is 304 g/mol. The lowest BCUT2D eigenvalue weighted by atomic mass is 10.1. The number of H-pyrrole nitrogens is 1. The third-order valence-electron chi connectivity index (χ3n) is 2.70. The molecule has 0 unspecified atom stereocenters. The average Bonchev–Trinajstić information content (AvgIpc) is 2.44. The molecule has 0 fully saturated rings. The van der Waals surface area contributed by atoms with Crippen LogP contribution in [0.3, 0.4) is 0 Å². The predicted octanol–water partition coefficient (Wildman–Crippen LogP) is 1.65. The van der Waals surface area contributed by atoms with Crippen molar-refractivity contribution < 1.29 is 4.79 Å². The number of aromatic nitrogens is 2. The monoisotopic (exact) mass is 304 g/mol. The number of carbonyl (C=O) groups is 1. The molecule has 1 aromatic heterocycles. The van der Waals surface area contributed by atoms with Crippen LogP contribution in [0.4, 0.5) is 11.5 Å². The fraction of sp³-hybridized carbons (Fsp3) is 0.214. The number of anilines is 2. The Bertz CT molecular complexity index is 699. The van der Waals surface area contributed by atoms with Crippen molar-refractivity contribution in [1.82, 2.24) is 9.97 Å². The quantitative estimate of drug-likeness (QED) is 0.576. The largest absolute Gasteiger partial charge is 0.383 e. The van der Waals surface area contributed by atoms with E-state index in [1.807, 2.05) is 24.3 Å². The zero-order chi connectivity index (χ0) is 15.2. The molecule has 1 aromatic carbocycles. The lowest BCUT2D eigenvalue weighted by Crippen LogP contribution is -2.15. The molecule has 1 amide bonds. The molecule has 7 heteroatoms. The van der Waals surface area contributed by atoms with Gasteiger partial charge in [0, 0.05) is 11.8 Å². The normalized spacial score (nSPS) is 10.3. The zero-order valence-corrected chi connectivity index (χ0v) is 12.4. The smallest absolute Gasteiger partial charge is 0.253 e. The van der Waals surface area contributed by atoms with Gasteiger partial charge in [0.05, 0.1) is 5.75 Å². The Morgan fingerprint density at radius 1 is 1.43 bits per heavy atom. The van der Waals surface area contributed by atoms with E-state index in [0.29, 0.717) is 5.16 Å². The summed E-state index contributed by atoms with van der Waals surface area (Å²) in [6, 6.07) is 8.87. The van der Waals surface area contributed by atoms with E-state index >= 15 is 0 Å². The van der Waals surface area contributed by atoms with Gasteiger partial charge in [-0.2, -0.15) is 0 Å². The van der Waals surface area contributed by atoms with Crippen LogP contribution in [0.1, 0.15) is 12.5 Å². The molecule has 2 aromatic rings. The number of amides is 1. The summed E-state index contributed by atoms with van der Waals surface area (Å²) in [5.74, 6) is 0.110. The van der Waals surface area contributed by atoms with Gasteiger partial charge in [-0.1, -0.05) is 30.8 Å². The number of aromatic amines is 1. The summed E-state index contributed by atoms with van der Waals surface area (Å²) in [5.41, 5.74) is 7.06. The standard InChI is InChI=1S/C14H16N4O2S/c1-2-9-4-3-5-10(6-9)16-13(20)8-21-14-17-11(15)7-12(19)18-14/h3-7H,2,8H2,1H3,(H,16,20)(H3,15,17,18,19). The third-order valence-corrected chi connectivity index (χ3v) is 3.57. The van der Waals surface area contributed by atoms with Gasteiger partial charge >= 0.3 is 0 Å². The molecule has 0 aliphatic rings. The SMILES string of the molecule is CCc1cccc(NC(=O)CSc2nc(N)cc(=O)[nH]2)c1. The lowest BCUT2D eigenvalue weighted by molar-refractivity contribution is -0.113. The van der Waals surface area contributed by atoms with E-state index in [4.69, 9.17) is 5.73 Å². The minimum absolute atomic E-state index is 0.136. The molecule has 6 nitrogen and oxygen atoms in total. The first kappa shape index (κ1) is 15.1. The van der Waals surface area contributed by atoms with Crippen LogP contribution in [0.5, 0.6) is 0 Å². The third kappa shape index (κ3) is 4.64. The lowest BCUT2D eigenvalue weighted by Gasteiger charge is -2.06. The molecule has 0 aliphatic heterocycles. The molecule has 0 saturated carbocycles. The molecule has 0 aliphatic carbocycles. The zero-order valence-electron chi connectivity index (χ0n) is 11.6. The van der Waals surface area contributed by atoms with Gasteiger partial charge in [-0.05, 0) is 24.1 Å². The second-order valence-corrected chi connectivity index (χ2v) is 5.33. The fourth-order valence-corrected chi connectivity index (χ4v) is 2.40. The number of rotatable bonds is 5. The van der Waals surface area contributed by atoms with E-state index in [-0.39, 0.29) is 23.0 Å². The number of benzene rings is 1. The molecule has 0 spiro atoms. The Balaban J connectivity index is 1.94. The molecule has 0 radical (unpaired) electrons. The van der Waals surface area contributed by atoms with Gasteiger partial charge in [0.15, 0.2) is 5.16 Å². The second-order valence-electron chi connectivity index (χ2n) is 4.37. The number of thioether (sulfide) groups is 1. The Kier molecular flexibility index (Phi) is 4.99. The van der Waals surface area contributed by atoms with Crippen LogP contribution in [0.25, 0.3) is 0 Å². The maximum atomic E-state index is 11.9. The number of nitrogens with one attached hydrogen (secondary N) is 2. The van der Waals surface area contributed by atoms with E-state index in [1.54, 1.807) is 0 Å². The Morgan fingerprint density at radius 2 is 2.24 bits per heavy atom. The van der Waals surface area contributed by atoms with Crippen molar-refractivity contribution >= 4 is 29.2 Å². The van der Waals surface area contributed by atoms with Gasteiger partial charge in [0.1, 0.15) is 5.82 Å². The molecule has 0 atom stereocenters. The highest BCUT2D eigenvalue weighted by Gasteiger charge is 2.06. The van der Waals surface area contributed by atoms with E-state index in [0.717, 1.165) is 29.4 Å². The number of aryl methyl sites for hydroxylation is 1. The number of carbonyl (C=O) groups excluding carboxylic acids is 1. The summed E-state index contributed by atoms with van der Waals surface area (Å²) in [6.45, 7) is 2.05. The molecule has 21 heavy (non-hydrogen) atoms. The van der Waals surface area contributed by atoms with Crippen molar-refractivity contribution in [2.45, 2.75) is 18.5 Å². The molecule has 0 bridgehead atoms. The number of nitrogen functional groups attached to an aromatic ring is 1. The van der Waals surface area contributed by atoms with Crippen LogP contribution in [-0.4, -0.2) is 21.6 Å². The minimum atomic E-state index is -0.332. The maximum Gasteiger partial charge on any atom is 0.253 e. The van der Waals surface area contributed by atoms with Crippen LogP contribution in [0.15, 0.2) is 40.3 Å². The summed E-state index contributed by atoms with van der Waals surface area (Å²) >= 11 is 1.13. The molecular weight excluding hydrogens is 288 g/mol. The topological polar surface area (TPSA) is 101 Å². The predicted molar refractivity (Wildman–Crippen MR) is 84.4 cm³/mol. The highest BCUT2D eigenvalue weighted by molar-refractivity contribution is 7.99. The van der Waals surface area contributed by atoms with E-state index in [9.17, 15) is 9.59 Å². The number of hydrogen-bond donors (Lipinski definition) is 3. The van der Waals surface area contributed by atoms with Crippen molar-refractivity contribution in [2.75, 3.05) is 16.8 Å². The van der Waals surface area contributed by atoms with E-state index < -0.39 is 0 Å². The number of nitrogens with two attached hydrogens (primary N) is 1. The van der Waals surface area contributed by atoms with Crippen molar-refractivity contribution in [3.8, 4) is 0 Å².